The molecule has 0 saturated heterocycles. The Labute approximate surface area is 215 Å². The molecule has 0 unspecified atom stereocenters. The molecule has 182 valence electrons. The first-order valence-corrected chi connectivity index (χ1v) is 11.3. The Bertz CT molecular complexity index is 1470. The molecule has 1 amide bonds. The van der Waals surface area contributed by atoms with Crippen molar-refractivity contribution < 1.29 is 28.6 Å². The molecule has 1 aliphatic rings. The van der Waals surface area contributed by atoms with Gasteiger partial charge in [0.05, 0.1) is 38.1 Å². The van der Waals surface area contributed by atoms with E-state index in [9.17, 15) is 19.5 Å². The Morgan fingerprint density at radius 2 is 1.83 bits per heavy atom. The van der Waals surface area contributed by atoms with Crippen molar-refractivity contribution in [3.63, 3.8) is 0 Å². The van der Waals surface area contributed by atoms with Crippen LogP contribution in [0.2, 0.25) is 10.0 Å². The van der Waals surface area contributed by atoms with Gasteiger partial charge in [0.1, 0.15) is 18.1 Å². The molecule has 0 atom stereocenters. The van der Waals surface area contributed by atoms with Gasteiger partial charge in [-0.2, -0.15) is 10.1 Å². The highest BCUT2D eigenvalue weighted by molar-refractivity contribution is 6.35. The topological polar surface area (TPSA) is 109 Å². The van der Waals surface area contributed by atoms with Crippen LogP contribution >= 0.6 is 23.2 Å². The number of aromatic carboxylic acids is 1. The largest absolute Gasteiger partial charge is 0.478 e. The summed E-state index contributed by atoms with van der Waals surface area (Å²) in [5.74, 6) is -1.45. The quantitative estimate of drug-likeness (QED) is 0.227. The molecular formula is C26H18Cl2N2O6. The number of nitrogens with zero attached hydrogens (tertiary/aromatic N) is 2. The average Bonchev–Trinajstić information content (AvgIpc) is 3.43. The van der Waals surface area contributed by atoms with E-state index in [1.165, 1.54) is 30.4 Å². The molecule has 8 nitrogen and oxygen atoms in total. The minimum absolute atomic E-state index is 0.0526. The molecule has 2 aromatic carbocycles. The second-order valence-corrected chi connectivity index (χ2v) is 8.43. The van der Waals surface area contributed by atoms with Crippen molar-refractivity contribution >= 4 is 58.5 Å². The lowest BCUT2D eigenvalue weighted by atomic mass is 10.1. The van der Waals surface area contributed by atoms with E-state index in [4.69, 9.17) is 32.4 Å². The Balaban J connectivity index is 1.60. The maximum atomic E-state index is 13.1. The van der Waals surface area contributed by atoms with E-state index in [1.807, 2.05) is 0 Å². The highest BCUT2D eigenvalue weighted by Crippen LogP contribution is 2.31. The average molecular weight is 525 g/mol. The zero-order chi connectivity index (χ0) is 26.0. The fraction of sp³-hybridized carbons (Fsp3) is 0.0769. The Morgan fingerprint density at radius 3 is 2.56 bits per heavy atom. The first-order chi connectivity index (χ1) is 17.2. The van der Waals surface area contributed by atoms with Crippen LogP contribution in [0.4, 0.5) is 5.69 Å². The number of benzene rings is 2. The highest BCUT2D eigenvalue weighted by Gasteiger charge is 2.30. The lowest BCUT2D eigenvalue weighted by Gasteiger charge is -2.12. The molecule has 10 heteroatoms. The zero-order valence-electron chi connectivity index (χ0n) is 18.8. The molecule has 3 aromatic rings. The number of carboxylic acid groups (broad SMARTS) is 1. The molecule has 1 aromatic heterocycles. The van der Waals surface area contributed by atoms with Crippen molar-refractivity contribution in [1.29, 1.82) is 0 Å². The number of esters is 1. The van der Waals surface area contributed by atoms with Crippen LogP contribution in [0.15, 0.2) is 76.3 Å². The van der Waals surface area contributed by atoms with E-state index in [2.05, 4.69) is 11.7 Å². The number of anilines is 1. The van der Waals surface area contributed by atoms with Gasteiger partial charge in [-0.25, -0.2) is 9.59 Å². The number of hydrogen-bond donors (Lipinski definition) is 1. The van der Waals surface area contributed by atoms with Crippen LogP contribution in [-0.4, -0.2) is 35.3 Å². The van der Waals surface area contributed by atoms with Crippen LogP contribution in [0.5, 0.6) is 0 Å². The van der Waals surface area contributed by atoms with Gasteiger partial charge in [-0.1, -0.05) is 35.9 Å². The molecular weight excluding hydrogens is 507 g/mol. The molecule has 2 heterocycles. The molecule has 1 aliphatic heterocycles. The minimum atomic E-state index is -1.22. The van der Waals surface area contributed by atoms with Crippen LogP contribution in [-0.2, 0) is 9.53 Å². The molecule has 1 N–H and O–H groups in total. The lowest BCUT2D eigenvalue weighted by Crippen LogP contribution is -2.21. The van der Waals surface area contributed by atoms with Crippen molar-refractivity contribution in [2.24, 2.45) is 5.10 Å². The van der Waals surface area contributed by atoms with Crippen LogP contribution in [0.25, 0.3) is 17.4 Å². The number of hydrogen-bond acceptors (Lipinski definition) is 6. The fourth-order valence-corrected chi connectivity index (χ4v) is 3.84. The van der Waals surface area contributed by atoms with Gasteiger partial charge in [0.25, 0.3) is 5.91 Å². The third-order valence-corrected chi connectivity index (χ3v) is 5.86. The first-order valence-electron chi connectivity index (χ1n) is 10.5. The molecule has 0 saturated carbocycles. The maximum Gasteiger partial charge on any atom is 0.339 e. The second kappa shape index (κ2) is 10.2. The summed E-state index contributed by atoms with van der Waals surface area (Å²) in [6, 6.07) is 12.4. The molecule has 36 heavy (non-hydrogen) atoms. The van der Waals surface area contributed by atoms with Crippen LogP contribution in [0.3, 0.4) is 0 Å². The number of carboxylic acids is 1. The second-order valence-electron chi connectivity index (χ2n) is 7.61. The summed E-state index contributed by atoms with van der Waals surface area (Å²) in [6.45, 7) is 5.22. The van der Waals surface area contributed by atoms with Crippen LogP contribution < -0.4 is 5.01 Å². The van der Waals surface area contributed by atoms with Gasteiger partial charge < -0.3 is 14.3 Å². The molecule has 0 bridgehead atoms. The van der Waals surface area contributed by atoms with Crippen molar-refractivity contribution in [3.8, 4) is 11.3 Å². The summed E-state index contributed by atoms with van der Waals surface area (Å²) in [4.78, 5) is 36.7. The lowest BCUT2D eigenvalue weighted by molar-refractivity contribution is -0.114. The minimum Gasteiger partial charge on any atom is -0.478 e. The summed E-state index contributed by atoms with van der Waals surface area (Å²) >= 11 is 12.1. The third-order valence-electron chi connectivity index (χ3n) is 5.20. The number of carbonyl (C=O) groups excluding carboxylic acids is 2. The SMILES string of the molecule is C=CCOC(=O)c1cc(-c2ccc(/C=C3\C(=O)N(c4ccc(Cl)c(C(=O)O)c4)N=C3C)o2)ccc1Cl. The predicted octanol–water partition coefficient (Wildman–Crippen LogP) is 6.10. The van der Waals surface area contributed by atoms with Gasteiger partial charge in [-0.3, -0.25) is 4.79 Å². The van der Waals surface area contributed by atoms with E-state index in [1.54, 1.807) is 37.3 Å². The molecule has 0 aliphatic carbocycles. The Morgan fingerprint density at radius 1 is 1.11 bits per heavy atom. The van der Waals surface area contributed by atoms with Gasteiger partial charge in [0, 0.05) is 5.56 Å². The number of rotatable bonds is 7. The van der Waals surface area contributed by atoms with Gasteiger partial charge >= 0.3 is 11.9 Å². The summed E-state index contributed by atoms with van der Waals surface area (Å²) in [6.07, 6.45) is 2.99. The van der Waals surface area contributed by atoms with Gasteiger partial charge in [0.2, 0.25) is 0 Å². The fourth-order valence-electron chi connectivity index (χ4n) is 3.44. The van der Waals surface area contributed by atoms with E-state index >= 15 is 0 Å². The van der Waals surface area contributed by atoms with Gasteiger partial charge in [-0.15, -0.1) is 0 Å². The van der Waals surface area contributed by atoms with Crippen molar-refractivity contribution in [2.45, 2.75) is 6.92 Å². The molecule has 0 spiro atoms. The Hall–Kier alpha value is -4.14. The van der Waals surface area contributed by atoms with Crippen molar-refractivity contribution in [3.05, 3.63) is 93.7 Å². The third kappa shape index (κ3) is 4.95. The number of ether oxygens (including phenoxy) is 1. The van der Waals surface area contributed by atoms with Crippen LogP contribution in [0, 0.1) is 0 Å². The van der Waals surface area contributed by atoms with Gasteiger partial charge in [-0.05, 0) is 61.5 Å². The highest BCUT2D eigenvalue weighted by atomic mass is 35.5. The zero-order valence-corrected chi connectivity index (χ0v) is 20.3. The smallest absolute Gasteiger partial charge is 0.339 e. The number of hydrazone groups is 1. The predicted molar refractivity (Wildman–Crippen MR) is 137 cm³/mol. The summed E-state index contributed by atoms with van der Waals surface area (Å²) in [5.41, 5.74) is 1.58. The van der Waals surface area contributed by atoms with E-state index < -0.39 is 17.8 Å². The number of halogens is 2. The van der Waals surface area contributed by atoms with E-state index in [-0.39, 0.29) is 39.0 Å². The Kier molecular flexibility index (Phi) is 7.10. The van der Waals surface area contributed by atoms with Crippen molar-refractivity contribution in [1.82, 2.24) is 0 Å². The number of carbonyl (C=O) groups is 3. The monoisotopic (exact) mass is 524 g/mol. The number of furan rings is 1. The standard InChI is InChI=1S/C26H18Cl2N2O6/c1-3-10-35-26(34)20-11-15(4-7-22(20)28)23-9-6-17(36-23)13-18-14(2)29-30(24(18)31)16-5-8-21(27)19(12-16)25(32)33/h3-9,11-13H,1,10H2,2H3,(H,32,33)/b18-13-. The van der Waals surface area contributed by atoms with Crippen LogP contribution in [0.1, 0.15) is 33.4 Å². The van der Waals surface area contributed by atoms with Gasteiger partial charge in [0.15, 0.2) is 0 Å². The van der Waals surface area contributed by atoms with E-state index in [0.29, 0.717) is 22.8 Å². The molecule has 0 radical (unpaired) electrons. The maximum absolute atomic E-state index is 13.1. The van der Waals surface area contributed by atoms with Crippen molar-refractivity contribution in [2.75, 3.05) is 11.6 Å². The summed E-state index contributed by atoms with van der Waals surface area (Å²) in [5, 5.41) is 15.0. The molecule has 0 fully saturated rings. The normalized spacial score (nSPS) is 14.2. The number of amides is 1. The summed E-state index contributed by atoms with van der Waals surface area (Å²) in [7, 11) is 0. The molecule has 4 rings (SSSR count). The van der Waals surface area contributed by atoms with E-state index in [0.717, 1.165) is 5.01 Å². The first kappa shape index (κ1) is 25.0. The summed E-state index contributed by atoms with van der Waals surface area (Å²) < 4.78 is 10.9.